The van der Waals surface area contributed by atoms with Crippen molar-refractivity contribution in [2.45, 2.75) is 25.7 Å². The van der Waals surface area contributed by atoms with Crippen LogP contribution < -0.4 is 4.74 Å². The van der Waals surface area contributed by atoms with Crippen LogP contribution in [0.15, 0.2) is 53.3 Å². The second-order valence-electron chi connectivity index (χ2n) is 5.61. The highest BCUT2D eigenvalue weighted by molar-refractivity contribution is 5.87. The first-order valence-electron chi connectivity index (χ1n) is 8.01. The Morgan fingerprint density at radius 3 is 2.71 bits per heavy atom. The normalized spacial score (nSPS) is 10.8. The van der Waals surface area contributed by atoms with Crippen molar-refractivity contribution in [2.75, 3.05) is 6.61 Å². The molecule has 1 heterocycles. The first-order valence-corrected chi connectivity index (χ1v) is 8.01. The van der Waals surface area contributed by atoms with Gasteiger partial charge in [0.1, 0.15) is 12.0 Å². The van der Waals surface area contributed by atoms with E-state index in [1.165, 1.54) is 0 Å². The number of benzene rings is 2. The summed E-state index contributed by atoms with van der Waals surface area (Å²) in [7, 11) is 0. The number of carboxylic acids is 1. The topological polar surface area (TPSA) is 72.6 Å². The molecule has 1 N–H and O–H groups in total. The Labute approximate surface area is 139 Å². The van der Waals surface area contributed by atoms with Gasteiger partial charge in [-0.05, 0) is 54.3 Å². The molecule has 2 aromatic carbocycles. The number of aromatic nitrogens is 1. The Morgan fingerprint density at radius 2 is 1.92 bits per heavy atom. The van der Waals surface area contributed by atoms with E-state index < -0.39 is 5.97 Å². The number of unbranched alkanes of at least 4 members (excludes halogenated alkanes) is 2. The second kappa shape index (κ2) is 7.64. The van der Waals surface area contributed by atoms with Crippen LogP contribution in [0.2, 0.25) is 0 Å². The number of rotatable bonds is 8. The van der Waals surface area contributed by atoms with Crippen LogP contribution in [-0.2, 0) is 4.79 Å². The highest BCUT2D eigenvalue weighted by atomic mass is 16.5. The summed E-state index contributed by atoms with van der Waals surface area (Å²) in [5.74, 6) is 0.692. The van der Waals surface area contributed by atoms with Crippen molar-refractivity contribution in [1.29, 1.82) is 0 Å². The van der Waals surface area contributed by atoms with Crippen LogP contribution in [-0.4, -0.2) is 22.7 Å². The number of carbonyl (C=O) groups is 1. The molecule has 0 unspecified atom stereocenters. The fourth-order valence-electron chi connectivity index (χ4n) is 2.56. The molecular weight excluding hydrogens is 306 g/mol. The number of aliphatic carboxylic acids is 1. The Bertz CT molecular complexity index is 811. The van der Waals surface area contributed by atoms with E-state index in [4.69, 9.17) is 14.3 Å². The van der Waals surface area contributed by atoms with Crippen molar-refractivity contribution in [3.63, 3.8) is 0 Å². The van der Waals surface area contributed by atoms with E-state index in [0.29, 0.717) is 18.9 Å². The number of ether oxygens (including phenoxy) is 1. The zero-order valence-electron chi connectivity index (χ0n) is 13.3. The van der Waals surface area contributed by atoms with E-state index in [1.807, 2.05) is 36.4 Å². The lowest BCUT2D eigenvalue weighted by Gasteiger charge is -2.08. The fourth-order valence-corrected chi connectivity index (χ4v) is 2.56. The van der Waals surface area contributed by atoms with Crippen molar-refractivity contribution < 1.29 is 19.1 Å². The Hall–Kier alpha value is -2.82. The summed E-state index contributed by atoms with van der Waals surface area (Å²) in [6.07, 6.45) is 5.83. The lowest BCUT2D eigenvalue weighted by atomic mass is 10.1. The van der Waals surface area contributed by atoms with Gasteiger partial charge in [0.15, 0.2) is 0 Å². The van der Waals surface area contributed by atoms with E-state index >= 15 is 0 Å². The highest BCUT2D eigenvalue weighted by Crippen LogP contribution is 2.26. The maximum Gasteiger partial charge on any atom is 0.303 e. The van der Waals surface area contributed by atoms with Gasteiger partial charge in [-0.25, -0.2) is 4.98 Å². The maximum absolute atomic E-state index is 10.4. The number of nitrogens with zero attached hydrogens (tertiary/aromatic N) is 1. The van der Waals surface area contributed by atoms with Crippen LogP contribution in [0.5, 0.6) is 5.75 Å². The van der Waals surface area contributed by atoms with Crippen molar-refractivity contribution in [3.8, 4) is 17.2 Å². The maximum atomic E-state index is 10.4. The van der Waals surface area contributed by atoms with Gasteiger partial charge in [0.2, 0.25) is 5.89 Å². The zero-order chi connectivity index (χ0) is 16.8. The smallest absolute Gasteiger partial charge is 0.303 e. The molecule has 0 amide bonds. The van der Waals surface area contributed by atoms with E-state index in [1.54, 1.807) is 12.5 Å². The summed E-state index contributed by atoms with van der Waals surface area (Å²) in [4.78, 5) is 14.6. The number of hydrogen-bond acceptors (Lipinski definition) is 4. The van der Waals surface area contributed by atoms with Crippen LogP contribution in [0.1, 0.15) is 25.7 Å². The first kappa shape index (κ1) is 16.1. The Balaban J connectivity index is 1.58. The molecule has 0 spiro atoms. The van der Waals surface area contributed by atoms with Gasteiger partial charge >= 0.3 is 5.97 Å². The van der Waals surface area contributed by atoms with Crippen LogP contribution in [0, 0.1) is 0 Å². The third-order valence-electron chi connectivity index (χ3n) is 3.79. The number of fused-ring (bicyclic) bond motifs is 1. The average molecular weight is 325 g/mol. The molecule has 1 aromatic heterocycles. The quantitative estimate of drug-likeness (QED) is 0.616. The van der Waals surface area contributed by atoms with Crippen LogP contribution in [0.25, 0.3) is 22.2 Å². The molecule has 0 saturated heterocycles. The molecule has 5 heteroatoms. The molecule has 0 saturated carbocycles. The molecule has 0 aliphatic heterocycles. The third-order valence-corrected chi connectivity index (χ3v) is 3.79. The van der Waals surface area contributed by atoms with Crippen molar-refractivity contribution in [2.24, 2.45) is 0 Å². The van der Waals surface area contributed by atoms with Gasteiger partial charge in [0.25, 0.3) is 0 Å². The summed E-state index contributed by atoms with van der Waals surface area (Å²) >= 11 is 0. The van der Waals surface area contributed by atoms with Gasteiger partial charge in [0, 0.05) is 12.0 Å². The van der Waals surface area contributed by atoms with E-state index in [0.717, 1.165) is 34.9 Å². The lowest BCUT2D eigenvalue weighted by Crippen LogP contribution is -1.99. The molecule has 0 radical (unpaired) electrons. The monoisotopic (exact) mass is 325 g/mol. The summed E-state index contributed by atoms with van der Waals surface area (Å²) < 4.78 is 11.1. The van der Waals surface area contributed by atoms with Gasteiger partial charge < -0.3 is 14.3 Å². The summed E-state index contributed by atoms with van der Waals surface area (Å²) in [5, 5.41) is 10.8. The zero-order valence-corrected chi connectivity index (χ0v) is 13.3. The molecule has 0 aliphatic rings. The molecule has 3 rings (SSSR count). The molecule has 3 aromatic rings. The second-order valence-corrected chi connectivity index (χ2v) is 5.61. The van der Waals surface area contributed by atoms with Crippen molar-refractivity contribution in [3.05, 3.63) is 48.9 Å². The van der Waals surface area contributed by atoms with Crippen LogP contribution >= 0.6 is 0 Å². The minimum Gasteiger partial charge on any atom is -0.494 e. The predicted octanol–water partition coefficient (Wildman–Crippen LogP) is 4.52. The summed E-state index contributed by atoms with van der Waals surface area (Å²) in [6.45, 7) is 0.597. The number of carboxylic acid groups (broad SMARTS) is 1. The summed E-state index contributed by atoms with van der Waals surface area (Å²) in [6, 6.07) is 12.0. The number of oxazole rings is 1. The Morgan fingerprint density at radius 1 is 1.08 bits per heavy atom. The molecule has 5 nitrogen and oxygen atoms in total. The third kappa shape index (κ3) is 4.13. The molecule has 24 heavy (non-hydrogen) atoms. The Kier molecular flexibility index (Phi) is 5.11. The SMILES string of the molecule is O=C(O)CCCCCOc1ccc2cc(-c3ncco3)ccc2c1. The van der Waals surface area contributed by atoms with Gasteiger partial charge in [-0.3, -0.25) is 4.79 Å². The van der Waals surface area contributed by atoms with E-state index in [2.05, 4.69) is 4.98 Å². The molecule has 0 bridgehead atoms. The molecular formula is C19H19NO4. The van der Waals surface area contributed by atoms with E-state index in [9.17, 15) is 4.79 Å². The molecule has 0 fully saturated rings. The van der Waals surface area contributed by atoms with E-state index in [-0.39, 0.29) is 6.42 Å². The largest absolute Gasteiger partial charge is 0.494 e. The van der Waals surface area contributed by atoms with Crippen LogP contribution in [0.4, 0.5) is 0 Å². The minimum absolute atomic E-state index is 0.225. The standard InChI is InChI=1S/C19H19NO4/c21-18(22)4-2-1-3-10-23-17-8-7-14-12-16(6-5-15(14)13-17)19-20-9-11-24-19/h5-9,11-13H,1-4,10H2,(H,21,22). The fraction of sp³-hybridized carbons (Fsp3) is 0.263. The van der Waals surface area contributed by atoms with Gasteiger partial charge in [-0.2, -0.15) is 0 Å². The lowest BCUT2D eigenvalue weighted by molar-refractivity contribution is -0.137. The van der Waals surface area contributed by atoms with Crippen molar-refractivity contribution >= 4 is 16.7 Å². The highest BCUT2D eigenvalue weighted by Gasteiger charge is 2.04. The van der Waals surface area contributed by atoms with Crippen LogP contribution in [0.3, 0.4) is 0 Å². The molecule has 0 aliphatic carbocycles. The van der Waals surface area contributed by atoms with Gasteiger partial charge in [0.05, 0.1) is 12.8 Å². The average Bonchev–Trinajstić information content (AvgIpc) is 3.12. The predicted molar refractivity (Wildman–Crippen MR) is 91.0 cm³/mol. The minimum atomic E-state index is -0.741. The van der Waals surface area contributed by atoms with Crippen molar-refractivity contribution in [1.82, 2.24) is 4.98 Å². The number of hydrogen-bond donors (Lipinski definition) is 1. The van der Waals surface area contributed by atoms with Gasteiger partial charge in [-0.15, -0.1) is 0 Å². The first-order chi connectivity index (χ1) is 11.7. The summed E-state index contributed by atoms with van der Waals surface area (Å²) in [5.41, 5.74) is 0.944. The van der Waals surface area contributed by atoms with Gasteiger partial charge in [-0.1, -0.05) is 12.1 Å². The molecule has 0 atom stereocenters. The molecule has 124 valence electrons.